The van der Waals surface area contributed by atoms with E-state index in [1.807, 2.05) is 0 Å². The second kappa shape index (κ2) is 7.29. The molecular formula is C14H23NO. The van der Waals surface area contributed by atoms with Crippen LogP contribution in [0.1, 0.15) is 38.7 Å². The molecule has 0 heterocycles. The molecule has 0 aliphatic rings. The molecule has 0 fully saturated rings. The number of methoxy groups -OCH3 is 1. The summed E-state index contributed by atoms with van der Waals surface area (Å²) in [4.78, 5) is 0. The topological polar surface area (TPSA) is 21.3 Å². The summed E-state index contributed by atoms with van der Waals surface area (Å²) >= 11 is 0. The summed E-state index contributed by atoms with van der Waals surface area (Å²) in [7, 11) is 1.73. The van der Waals surface area contributed by atoms with Gasteiger partial charge in [0, 0.05) is 24.4 Å². The molecule has 1 unspecified atom stereocenters. The highest BCUT2D eigenvalue weighted by atomic mass is 16.5. The van der Waals surface area contributed by atoms with Crippen molar-refractivity contribution in [1.82, 2.24) is 0 Å². The fourth-order valence-corrected chi connectivity index (χ4v) is 1.79. The summed E-state index contributed by atoms with van der Waals surface area (Å²) in [5, 5.41) is 3.55. The smallest absolute Gasteiger partial charge is 0.0733 e. The van der Waals surface area contributed by atoms with Crippen molar-refractivity contribution >= 4 is 5.69 Å². The zero-order chi connectivity index (χ0) is 11.8. The van der Waals surface area contributed by atoms with Crippen LogP contribution in [0.4, 0.5) is 5.69 Å². The third-order valence-electron chi connectivity index (χ3n) is 2.71. The van der Waals surface area contributed by atoms with Gasteiger partial charge in [0.25, 0.3) is 0 Å². The normalized spacial score (nSPS) is 12.4. The number of para-hydroxylation sites is 1. The summed E-state index contributed by atoms with van der Waals surface area (Å²) in [5.41, 5.74) is 2.43. The van der Waals surface area contributed by atoms with Crippen LogP contribution in [0.25, 0.3) is 0 Å². The standard InChI is InChI=1S/C14H23NO/c1-4-5-8-12(2)15-14-10-7-6-9-13(14)11-16-3/h6-7,9-10,12,15H,4-5,8,11H2,1-3H3. The van der Waals surface area contributed by atoms with Gasteiger partial charge in [-0.25, -0.2) is 0 Å². The molecule has 0 radical (unpaired) electrons. The van der Waals surface area contributed by atoms with Crippen molar-refractivity contribution in [3.63, 3.8) is 0 Å². The van der Waals surface area contributed by atoms with Gasteiger partial charge in [0.2, 0.25) is 0 Å². The predicted octanol–water partition coefficient (Wildman–Crippen LogP) is 3.82. The van der Waals surface area contributed by atoms with Crippen LogP contribution in [0.3, 0.4) is 0 Å². The number of ether oxygens (including phenoxy) is 1. The van der Waals surface area contributed by atoms with Crippen molar-refractivity contribution in [2.75, 3.05) is 12.4 Å². The average molecular weight is 221 g/mol. The van der Waals surface area contributed by atoms with Crippen molar-refractivity contribution < 1.29 is 4.74 Å². The Kier molecular flexibility index (Phi) is 5.94. The minimum absolute atomic E-state index is 0.526. The SMILES string of the molecule is CCCCC(C)Nc1ccccc1COC. The Hall–Kier alpha value is -1.02. The Balaban J connectivity index is 2.57. The van der Waals surface area contributed by atoms with Crippen LogP contribution < -0.4 is 5.32 Å². The van der Waals surface area contributed by atoms with Crippen molar-refractivity contribution in [2.45, 2.75) is 45.8 Å². The maximum absolute atomic E-state index is 5.19. The number of rotatable bonds is 7. The lowest BCUT2D eigenvalue weighted by atomic mass is 10.1. The van der Waals surface area contributed by atoms with Crippen LogP contribution in [0.2, 0.25) is 0 Å². The molecule has 0 spiro atoms. The van der Waals surface area contributed by atoms with E-state index in [-0.39, 0.29) is 0 Å². The molecule has 1 atom stereocenters. The number of benzene rings is 1. The Bertz CT molecular complexity index is 299. The largest absolute Gasteiger partial charge is 0.382 e. The van der Waals surface area contributed by atoms with Gasteiger partial charge in [-0.3, -0.25) is 0 Å². The van der Waals surface area contributed by atoms with Gasteiger partial charge in [0.1, 0.15) is 0 Å². The van der Waals surface area contributed by atoms with E-state index in [0.717, 1.165) is 0 Å². The minimum atomic E-state index is 0.526. The van der Waals surface area contributed by atoms with Crippen LogP contribution in [-0.2, 0) is 11.3 Å². The van der Waals surface area contributed by atoms with Crippen molar-refractivity contribution in [1.29, 1.82) is 0 Å². The molecule has 0 saturated heterocycles. The zero-order valence-electron chi connectivity index (χ0n) is 10.6. The second-order valence-electron chi connectivity index (χ2n) is 4.28. The Morgan fingerprint density at radius 2 is 2.06 bits per heavy atom. The molecule has 0 saturated carbocycles. The molecule has 1 rings (SSSR count). The number of unbranched alkanes of at least 4 members (excludes halogenated alkanes) is 1. The summed E-state index contributed by atoms with van der Waals surface area (Å²) in [6.07, 6.45) is 3.75. The molecule has 1 N–H and O–H groups in total. The quantitative estimate of drug-likeness (QED) is 0.755. The van der Waals surface area contributed by atoms with Gasteiger partial charge < -0.3 is 10.1 Å². The lowest BCUT2D eigenvalue weighted by molar-refractivity contribution is 0.185. The van der Waals surface area contributed by atoms with Crippen LogP contribution in [-0.4, -0.2) is 13.2 Å². The highest BCUT2D eigenvalue weighted by molar-refractivity contribution is 5.51. The summed E-state index contributed by atoms with van der Waals surface area (Å²) in [5.74, 6) is 0. The van der Waals surface area contributed by atoms with Gasteiger partial charge in [0.15, 0.2) is 0 Å². The van der Waals surface area contributed by atoms with Gasteiger partial charge in [-0.15, -0.1) is 0 Å². The first kappa shape index (κ1) is 13.0. The summed E-state index contributed by atoms with van der Waals surface area (Å²) in [6.45, 7) is 5.13. The molecular weight excluding hydrogens is 198 g/mol. The maximum atomic E-state index is 5.19. The second-order valence-corrected chi connectivity index (χ2v) is 4.28. The lowest BCUT2D eigenvalue weighted by Crippen LogP contribution is -2.16. The van der Waals surface area contributed by atoms with E-state index in [1.54, 1.807) is 7.11 Å². The molecule has 2 nitrogen and oxygen atoms in total. The Morgan fingerprint density at radius 1 is 1.31 bits per heavy atom. The predicted molar refractivity (Wildman–Crippen MR) is 69.8 cm³/mol. The van der Waals surface area contributed by atoms with Gasteiger partial charge in [0.05, 0.1) is 6.61 Å². The van der Waals surface area contributed by atoms with Crippen LogP contribution in [0.5, 0.6) is 0 Å². The molecule has 0 aliphatic carbocycles. The van der Waals surface area contributed by atoms with Crippen LogP contribution in [0.15, 0.2) is 24.3 Å². The van der Waals surface area contributed by atoms with Crippen molar-refractivity contribution in [3.8, 4) is 0 Å². The third-order valence-corrected chi connectivity index (χ3v) is 2.71. The zero-order valence-corrected chi connectivity index (χ0v) is 10.6. The van der Waals surface area contributed by atoms with Gasteiger partial charge in [-0.2, -0.15) is 0 Å². The van der Waals surface area contributed by atoms with E-state index in [2.05, 4.69) is 43.4 Å². The van der Waals surface area contributed by atoms with Crippen LogP contribution >= 0.6 is 0 Å². The first-order valence-corrected chi connectivity index (χ1v) is 6.11. The third kappa shape index (κ3) is 4.23. The molecule has 90 valence electrons. The lowest BCUT2D eigenvalue weighted by Gasteiger charge is -2.17. The molecule has 1 aromatic carbocycles. The maximum Gasteiger partial charge on any atom is 0.0733 e. The average Bonchev–Trinajstić information content (AvgIpc) is 2.29. The first-order valence-electron chi connectivity index (χ1n) is 6.11. The fraction of sp³-hybridized carbons (Fsp3) is 0.571. The first-order chi connectivity index (χ1) is 7.77. The highest BCUT2D eigenvalue weighted by Gasteiger charge is 2.05. The Morgan fingerprint density at radius 3 is 2.75 bits per heavy atom. The molecule has 16 heavy (non-hydrogen) atoms. The molecule has 0 aliphatic heterocycles. The fourth-order valence-electron chi connectivity index (χ4n) is 1.79. The van der Waals surface area contributed by atoms with E-state index in [4.69, 9.17) is 4.74 Å². The van der Waals surface area contributed by atoms with E-state index in [0.29, 0.717) is 12.6 Å². The van der Waals surface area contributed by atoms with Crippen molar-refractivity contribution in [3.05, 3.63) is 29.8 Å². The highest BCUT2D eigenvalue weighted by Crippen LogP contribution is 2.18. The van der Waals surface area contributed by atoms with Crippen molar-refractivity contribution in [2.24, 2.45) is 0 Å². The summed E-state index contributed by atoms with van der Waals surface area (Å²) in [6, 6.07) is 8.87. The number of anilines is 1. The Labute approximate surface area is 99.0 Å². The molecule has 0 amide bonds. The summed E-state index contributed by atoms with van der Waals surface area (Å²) < 4.78 is 5.19. The molecule has 0 bridgehead atoms. The number of nitrogens with one attached hydrogen (secondary N) is 1. The van der Waals surface area contributed by atoms with Gasteiger partial charge in [-0.05, 0) is 19.4 Å². The molecule has 0 aromatic heterocycles. The number of hydrogen-bond donors (Lipinski definition) is 1. The van der Waals surface area contributed by atoms with E-state index < -0.39 is 0 Å². The van der Waals surface area contributed by atoms with E-state index in [9.17, 15) is 0 Å². The van der Waals surface area contributed by atoms with Crippen LogP contribution in [0, 0.1) is 0 Å². The number of hydrogen-bond acceptors (Lipinski definition) is 2. The van der Waals surface area contributed by atoms with E-state index in [1.165, 1.54) is 30.5 Å². The van der Waals surface area contributed by atoms with E-state index >= 15 is 0 Å². The van der Waals surface area contributed by atoms with Gasteiger partial charge in [-0.1, -0.05) is 38.0 Å². The van der Waals surface area contributed by atoms with Gasteiger partial charge >= 0.3 is 0 Å². The minimum Gasteiger partial charge on any atom is -0.382 e. The monoisotopic (exact) mass is 221 g/mol. The molecule has 2 heteroatoms. The molecule has 1 aromatic rings.